The van der Waals surface area contributed by atoms with Crippen molar-refractivity contribution < 1.29 is 9.52 Å². The fourth-order valence-electron chi connectivity index (χ4n) is 1.06. The molecule has 0 saturated heterocycles. The first-order chi connectivity index (χ1) is 6.83. The Morgan fingerprint density at radius 2 is 2.50 bits per heavy atom. The molecule has 1 atom stereocenters. The lowest BCUT2D eigenvalue weighted by Gasteiger charge is -2.09. The second kappa shape index (κ2) is 6.92. The highest BCUT2D eigenvalue weighted by atomic mass is 32.2. The number of aliphatic hydroxyl groups is 1. The van der Waals surface area contributed by atoms with Crippen LogP contribution in [0.1, 0.15) is 12.7 Å². The molecule has 1 heterocycles. The molecule has 1 unspecified atom stereocenters. The molecule has 4 heteroatoms. The number of hydrogen-bond acceptors (Lipinski definition) is 4. The molecule has 0 aliphatic heterocycles. The van der Waals surface area contributed by atoms with Gasteiger partial charge in [-0.1, -0.05) is 6.92 Å². The Balaban J connectivity index is 2.03. The highest BCUT2D eigenvalue weighted by Gasteiger charge is 2.03. The van der Waals surface area contributed by atoms with Crippen molar-refractivity contribution in [3.05, 3.63) is 24.2 Å². The van der Waals surface area contributed by atoms with E-state index in [0.717, 1.165) is 23.8 Å². The van der Waals surface area contributed by atoms with Crippen molar-refractivity contribution in [2.75, 3.05) is 18.8 Å². The Morgan fingerprint density at radius 3 is 3.14 bits per heavy atom. The molecule has 1 aromatic rings. The number of likely N-dealkylation sites (N-methyl/N-ethyl adjacent to an activating group) is 1. The summed E-state index contributed by atoms with van der Waals surface area (Å²) in [6.07, 6.45) is 1.40. The van der Waals surface area contributed by atoms with Gasteiger partial charge in [-0.15, -0.1) is 0 Å². The van der Waals surface area contributed by atoms with Crippen LogP contribution < -0.4 is 5.32 Å². The molecule has 14 heavy (non-hydrogen) atoms. The third-order valence-electron chi connectivity index (χ3n) is 1.76. The molecule has 0 saturated carbocycles. The van der Waals surface area contributed by atoms with Crippen molar-refractivity contribution in [1.82, 2.24) is 5.32 Å². The summed E-state index contributed by atoms with van der Waals surface area (Å²) in [5, 5.41) is 12.6. The average Bonchev–Trinajstić information content (AvgIpc) is 2.67. The van der Waals surface area contributed by atoms with Crippen LogP contribution in [0.4, 0.5) is 0 Å². The molecular formula is C10H17NO2S. The van der Waals surface area contributed by atoms with Crippen LogP contribution in [0.3, 0.4) is 0 Å². The van der Waals surface area contributed by atoms with Gasteiger partial charge in [0.05, 0.1) is 18.1 Å². The van der Waals surface area contributed by atoms with Crippen molar-refractivity contribution in [3.8, 4) is 0 Å². The Kier molecular flexibility index (Phi) is 5.75. The maximum absolute atomic E-state index is 9.49. The molecule has 0 aliphatic carbocycles. The fourth-order valence-corrected chi connectivity index (χ4v) is 1.93. The predicted octanol–water partition coefficient (Wildman–Crippen LogP) is 1.48. The second-order valence-electron chi connectivity index (χ2n) is 3.06. The van der Waals surface area contributed by atoms with Crippen LogP contribution in [0.2, 0.25) is 0 Å². The summed E-state index contributed by atoms with van der Waals surface area (Å²) in [6.45, 7) is 3.60. The molecule has 0 fully saturated rings. The van der Waals surface area contributed by atoms with Gasteiger partial charge in [-0.05, 0) is 18.7 Å². The zero-order valence-corrected chi connectivity index (χ0v) is 9.22. The second-order valence-corrected chi connectivity index (χ2v) is 4.09. The van der Waals surface area contributed by atoms with E-state index >= 15 is 0 Å². The lowest BCUT2D eigenvalue weighted by atomic mass is 10.4. The van der Waals surface area contributed by atoms with Gasteiger partial charge in [0.2, 0.25) is 0 Å². The number of thioether (sulfide) groups is 1. The molecule has 2 N–H and O–H groups in total. The molecule has 0 bridgehead atoms. The molecule has 0 radical (unpaired) electrons. The molecule has 0 aliphatic rings. The summed E-state index contributed by atoms with van der Waals surface area (Å²) in [5.41, 5.74) is 0. The number of aliphatic hydroxyl groups excluding tert-OH is 1. The molecule has 3 nitrogen and oxygen atoms in total. The van der Waals surface area contributed by atoms with E-state index in [1.165, 1.54) is 0 Å². The summed E-state index contributed by atoms with van der Waals surface area (Å²) < 4.78 is 5.18. The highest BCUT2D eigenvalue weighted by molar-refractivity contribution is 7.98. The minimum absolute atomic E-state index is 0.269. The Bertz CT molecular complexity index is 226. The van der Waals surface area contributed by atoms with Gasteiger partial charge in [0.1, 0.15) is 5.76 Å². The minimum atomic E-state index is -0.269. The van der Waals surface area contributed by atoms with Gasteiger partial charge in [-0.3, -0.25) is 0 Å². The van der Waals surface area contributed by atoms with Gasteiger partial charge in [0, 0.05) is 12.3 Å². The van der Waals surface area contributed by atoms with Gasteiger partial charge in [0.25, 0.3) is 0 Å². The molecule has 80 valence electrons. The molecule has 0 spiro atoms. The first-order valence-electron chi connectivity index (χ1n) is 4.81. The SMILES string of the molecule is CCNCC(O)CSCc1ccco1. The van der Waals surface area contributed by atoms with Crippen LogP contribution in [0.25, 0.3) is 0 Å². The van der Waals surface area contributed by atoms with E-state index in [4.69, 9.17) is 4.42 Å². The zero-order valence-electron chi connectivity index (χ0n) is 8.40. The monoisotopic (exact) mass is 215 g/mol. The third kappa shape index (κ3) is 4.69. The lowest BCUT2D eigenvalue weighted by Crippen LogP contribution is -2.28. The third-order valence-corrected chi connectivity index (χ3v) is 2.87. The first-order valence-corrected chi connectivity index (χ1v) is 5.97. The van der Waals surface area contributed by atoms with Gasteiger partial charge < -0.3 is 14.8 Å². The van der Waals surface area contributed by atoms with Gasteiger partial charge >= 0.3 is 0 Å². The quantitative estimate of drug-likeness (QED) is 0.723. The van der Waals surface area contributed by atoms with E-state index in [-0.39, 0.29) is 6.10 Å². The normalized spacial score (nSPS) is 13.0. The van der Waals surface area contributed by atoms with E-state index in [1.807, 2.05) is 19.1 Å². The number of furan rings is 1. The van der Waals surface area contributed by atoms with E-state index in [9.17, 15) is 5.11 Å². The Morgan fingerprint density at radius 1 is 1.64 bits per heavy atom. The standard InChI is InChI=1S/C10H17NO2S/c1-2-11-6-9(12)7-14-8-10-4-3-5-13-10/h3-5,9,11-12H,2,6-8H2,1H3. The number of rotatable bonds is 7. The fraction of sp³-hybridized carbons (Fsp3) is 0.600. The molecule has 1 aromatic heterocycles. The van der Waals surface area contributed by atoms with Crippen LogP contribution in [0.5, 0.6) is 0 Å². The predicted molar refractivity (Wildman–Crippen MR) is 59.4 cm³/mol. The summed E-state index contributed by atoms with van der Waals surface area (Å²) in [7, 11) is 0. The van der Waals surface area contributed by atoms with Crippen LogP contribution >= 0.6 is 11.8 Å². The van der Waals surface area contributed by atoms with Crippen molar-refractivity contribution in [1.29, 1.82) is 0 Å². The topological polar surface area (TPSA) is 45.4 Å². The minimum Gasteiger partial charge on any atom is -0.468 e. The Hall–Kier alpha value is -0.450. The largest absolute Gasteiger partial charge is 0.468 e. The van der Waals surface area contributed by atoms with Crippen LogP contribution in [-0.2, 0) is 5.75 Å². The average molecular weight is 215 g/mol. The van der Waals surface area contributed by atoms with Crippen molar-refractivity contribution in [3.63, 3.8) is 0 Å². The molecule has 0 aromatic carbocycles. The summed E-state index contributed by atoms with van der Waals surface area (Å²) in [4.78, 5) is 0. The van der Waals surface area contributed by atoms with E-state index in [1.54, 1.807) is 18.0 Å². The maximum Gasteiger partial charge on any atom is 0.113 e. The van der Waals surface area contributed by atoms with Crippen molar-refractivity contribution in [2.45, 2.75) is 18.8 Å². The van der Waals surface area contributed by atoms with Crippen LogP contribution in [-0.4, -0.2) is 30.1 Å². The first kappa shape index (κ1) is 11.6. The van der Waals surface area contributed by atoms with E-state index in [0.29, 0.717) is 6.54 Å². The summed E-state index contributed by atoms with van der Waals surface area (Å²) >= 11 is 1.69. The zero-order chi connectivity index (χ0) is 10.2. The van der Waals surface area contributed by atoms with Gasteiger partial charge in [0.15, 0.2) is 0 Å². The lowest BCUT2D eigenvalue weighted by molar-refractivity contribution is 0.197. The van der Waals surface area contributed by atoms with Crippen LogP contribution in [0.15, 0.2) is 22.8 Å². The van der Waals surface area contributed by atoms with E-state index in [2.05, 4.69) is 5.32 Å². The van der Waals surface area contributed by atoms with E-state index < -0.39 is 0 Å². The van der Waals surface area contributed by atoms with Crippen LogP contribution in [0, 0.1) is 0 Å². The summed E-state index contributed by atoms with van der Waals surface area (Å²) in [5.74, 6) is 2.54. The van der Waals surface area contributed by atoms with Gasteiger partial charge in [-0.25, -0.2) is 0 Å². The maximum atomic E-state index is 9.49. The number of hydrogen-bond donors (Lipinski definition) is 2. The van der Waals surface area contributed by atoms with Gasteiger partial charge in [-0.2, -0.15) is 11.8 Å². The summed E-state index contributed by atoms with van der Waals surface area (Å²) in [6, 6.07) is 3.83. The molecule has 0 amide bonds. The van der Waals surface area contributed by atoms with Crippen molar-refractivity contribution >= 4 is 11.8 Å². The van der Waals surface area contributed by atoms with Crippen molar-refractivity contribution in [2.24, 2.45) is 0 Å². The smallest absolute Gasteiger partial charge is 0.113 e. The molecular weight excluding hydrogens is 198 g/mol. The number of nitrogens with one attached hydrogen (secondary N) is 1. The molecule has 1 rings (SSSR count). The Labute approximate surface area is 88.9 Å². The highest BCUT2D eigenvalue weighted by Crippen LogP contribution is 2.13.